The Balaban J connectivity index is 2.28. The van der Waals surface area contributed by atoms with E-state index in [4.69, 9.17) is 11.6 Å². The summed E-state index contributed by atoms with van der Waals surface area (Å²) >= 11 is 7.25. The Morgan fingerprint density at radius 1 is 1.40 bits per heavy atom. The number of aryl methyl sites for hydroxylation is 1. The number of hydrogen-bond acceptors (Lipinski definition) is 4. The highest BCUT2D eigenvalue weighted by atomic mass is 35.5. The summed E-state index contributed by atoms with van der Waals surface area (Å²) < 4.78 is 27.2. The molecule has 0 spiro atoms. The fraction of sp³-hybridized carbons (Fsp3) is 0.308. The van der Waals surface area contributed by atoms with Gasteiger partial charge < -0.3 is 0 Å². The van der Waals surface area contributed by atoms with Crippen LogP contribution < -0.4 is 4.72 Å². The van der Waals surface area contributed by atoms with E-state index >= 15 is 0 Å². The molecular weight excluding hydrogens is 316 g/mol. The topological polar surface area (TPSA) is 59.1 Å². The van der Waals surface area contributed by atoms with Gasteiger partial charge in [0.2, 0.25) is 0 Å². The van der Waals surface area contributed by atoms with Gasteiger partial charge in [-0.3, -0.25) is 4.72 Å². The van der Waals surface area contributed by atoms with Crippen molar-refractivity contribution in [3.8, 4) is 0 Å². The fourth-order valence-corrected chi connectivity index (χ4v) is 4.27. The maximum Gasteiger partial charge on any atom is 0.263 e. The van der Waals surface area contributed by atoms with Crippen molar-refractivity contribution in [2.24, 2.45) is 0 Å². The van der Waals surface area contributed by atoms with Crippen LogP contribution in [0.25, 0.3) is 0 Å². The van der Waals surface area contributed by atoms with Crippen molar-refractivity contribution in [3.05, 3.63) is 39.9 Å². The van der Waals surface area contributed by atoms with Crippen LogP contribution >= 0.6 is 22.9 Å². The molecule has 20 heavy (non-hydrogen) atoms. The van der Waals surface area contributed by atoms with Gasteiger partial charge in [0.15, 0.2) is 5.13 Å². The van der Waals surface area contributed by atoms with Crippen LogP contribution in [-0.2, 0) is 16.4 Å². The molecule has 1 N–H and O–H groups in total. The minimum Gasteiger partial charge on any atom is -0.255 e. The zero-order valence-electron chi connectivity index (χ0n) is 11.2. The molecule has 7 heteroatoms. The maximum absolute atomic E-state index is 12.3. The lowest BCUT2D eigenvalue weighted by Gasteiger charge is -2.09. The molecule has 108 valence electrons. The summed E-state index contributed by atoms with van der Waals surface area (Å²) in [5, 5.41) is 2.68. The zero-order valence-corrected chi connectivity index (χ0v) is 13.6. The van der Waals surface area contributed by atoms with Gasteiger partial charge in [-0.15, -0.1) is 11.3 Å². The van der Waals surface area contributed by atoms with Crippen molar-refractivity contribution >= 4 is 38.1 Å². The van der Waals surface area contributed by atoms with Gasteiger partial charge in [0, 0.05) is 10.4 Å². The third kappa shape index (κ3) is 3.31. The number of benzene rings is 1. The molecule has 0 radical (unpaired) electrons. The highest BCUT2D eigenvalue weighted by Crippen LogP contribution is 2.26. The summed E-state index contributed by atoms with van der Waals surface area (Å²) in [6.45, 7) is 3.74. The monoisotopic (exact) mass is 330 g/mol. The lowest BCUT2D eigenvalue weighted by molar-refractivity contribution is 0.600. The summed E-state index contributed by atoms with van der Waals surface area (Å²) in [7, 11) is -3.65. The average Bonchev–Trinajstić information content (AvgIpc) is 2.79. The number of aromatic nitrogens is 1. The molecular formula is C13H15ClN2O2S2. The molecule has 1 heterocycles. The Morgan fingerprint density at radius 3 is 2.85 bits per heavy atom. The van der Waals surface area contributed by atoms with E-state index in [0.717, 1.165) is 18.5 Å². The van der Waals surface area contributed by atoms with Gasteiger partial charge >= 0.3 is 0 Å². The van der Waals surface area contributed by atoms with E-state index in [0.29, 0.717) is 15.7 Å². The second kappa shape index (κ2) is 6.11. The molecule has 0 bridgehead atoms. The number of hydrogen-bond donors (Lipinski definition) is 1. The van der Waals surface area contributed by atoms with E-state index in [1.165, 1.54) is 17.4 Å². The molecule has 2 aromatic rings. The lowest BCUT2D eigenvalue weighted by Crippen LogP contribution is -2.14. The van der Waals surface area contributed by atoms with Crippen LogP contribution in [-0.4, -0.2) is 13.4 Å². The molecule has 0 atom stereocenters. The van der Waals surface area contributed by atoms with Crippen molar-refractivity contribution < 1.29 is 8.42 Å². The molecule has 0 amide bonds. The summed E-state index contributed by atoms with van der Waals surface area (Å²) in [4.78, 5) is 4.44. The zero-order chi connectivity index (χ0) is 14.8. The number of nitrogens with zero attached hydrogens (tertiary/aromatic N) is 1. The van der Waals surface area contributed by atoms with Gasteiger partial charge in [0.1, 0.15) is 0 Å². The van der Waals surface area contributed by atoms with E-state index in [1.807, 2.05) is 5.38 Å². The molecule has 2 rings (SSSR count). The Bertz CT molecular complexity index is 711. The van der Waals surface area contributed by atoms with Crippen molar-refractivity contribution in [1.82, 2.24) is 4.98 Å². The van der Waals surface area contributed by atoms with E-state index in [1.54, 1.807) is 19.1 Å². The molecule has 0 aliphatic carbocycles. The molecule has 0 saturated carbocycles. The normalized spacial score (nSPS) is 11.6. The highest BCUT2D eigenvalue weighted by molar-refractivity contribution is 7.93. The minimum atomic E-state index is -3.65. The number of halogens is 1. The van der Waals surface area contributed by atoms with E-state index in [2.05, 4.69) is 16.6 Å². The molecule has 1 aromatic heterocycles. The first kappa shape index (κ1) is 15.3. The first-order chi connectivity index (χ1) is 9.44. The highest BCUT2D eigenvalue weighted by Gasteiger charge is 2.19. The maximum atomic E-state index is 12.3. The number of rotatable bonds is 5. The van der Waals surface area contributed by atoms with Gasteiger partial charge in [-0.05, 0) is 31.0 Å². The smallest absolute Gasteiger partial charge is 0.255 e. The third-order valence-electron chi connectivity index (χ3n) is 2.79. The van der Waals surface area contributed by atoms with Gasteiger partial charge in [0.25, 0.3) is 10.0 Å². The molecule has 1 aromatic carbocycles. The van der Waals surface area contributed by atoms with Crippen LogP contribution in [0.3, 0.4) is 0 Å². The fourth-order valence-electron chi connectivity index (χ4n) is 1.77. The van der Waals surface area contributed by atoms with Crippen LogP contribution in [0.5, 0.6) is 0 Å². The number of anilines is 1. The van der Waals surface area contributed by atoms with Crippen LogP contribution in [0.4, 0.5) is 5.13 Å². The first-order valence-corrected chi connectivity index (χ1v) is 8.90. The largest absolute Gasteiger partial charge is 0.263 e. The summed E-state index contributed by atoms with van der Waals surface area (Å²) in [5.74, 6) is 0. The molecule has 0 unspecified atom stereocenters. The standard InChI is InChI=1S/C13H15ClN2O2S2/c1-3-5-10-8-19-13(15-10)16-20(17,18)12-7-4-6-11(14)9(12)2/h4,6-8H,3,5H2,1-2H3,(H,15,16). The third-order valence-corrected chi connectivity index (χ3v) is 5.62. The average molecular weight is 331 g/mol. The Morgan fingerprint density at radius 2 is 2.15 bits per heavy atom. The van der Waals surface area contributed by atoms with E-state index in [-0.39, 0.29) is 4.90 Å². The van der Waals surface area contributed by atoms with Crippen molar-refractivity contribution in [2.45, 2.75) is 31.6 Å². The number of sulfonamides is 1. The Kier molecular flexibility index (Phi) is 4.67. The molecule has 0 aliphatic rings. The Labute approximate surface area is 127 Å². The van der Waals surface area contributed by atoms with Crippen molar-refractivity contribution in [2.75, 3.05) is 4.72 Å². The van der Waals surface area contributed by atoms with Crippen LogP contribution in [0.1, 0.15) is 24.6 Å². The summed E-state index contributed by atoms with van der Waals surface area (Å²) in [5.41, 5.74) is 1.44. The minimum absolute atomic E-state index is 0.178. The predicted octanol–water partition coefficient (Wildman–Crippen LogP) is 3.86. The van der Waals surface area contributed by atoms with Crippen molar-refractivity contribution in [1.29, 1.82) is 0 Å². The number of thiazole rings is 1. The van der Waals surface area contributed by atoms with Crippen LogP contribution in [0, 0.1) is 6.92 Å². The quantitative estimate of drug-likeness (QED) is 0.905. The van der Waals surface area contributed by atoms with E-state index < -0.39 is 10.0 Å². The van der Waals surface area contributed by atoms with Gasteiger partial charge in [0.05, 0.1) is 10.6 Å². The van der Waals surface area contributed by atoms with Crippen LogP contribution in [0.2, 0.25) is 5.02 Å². The van der Waals surface area contributed by atoms with E-state index in [9.17, 15) is 8.42 Å². The summed E-state index contributed by atoms with van der Waals surface area (Å²) in [6, 6.07) is 4.82. The SMILES string of the molecule is CCCc1csc(NS(=O)(=O)c2cccc(Cl)c2C)n1. The number of nitrogens with one attached hydrogen (secondary N) is 1. The Hall–Kier alpha value is -1.11. The van der Waals surface area contributed by atoms with Gasteiger partial charge in [-0.2, -0.15) is 0 Å². The lowest BCUT2D eigenvalue weighted by atomic mass is 10.2. The van der Waals surface area contributed by atoms with Gasteiger partial charge in [-0.25, -0.2) is 13.4 Å². The second-order valence-electron chi connectivity index (χ2n) is 4.36. The molecule has 0 aliphatic heterocycles. The molecule has 0 saturated heterocycles. The first-order valence-electron chi connectivity index (χ1n) is 6.16. The second-order valence-corrected chi connectivity index (χ2v) is 7.28. The van der Waals surface area contributed by atoms with Crippen LogP contribution in [0.15, 0.2) is 28.5 Å². The van der Waals surface area contributed by atoms with Crippen molar-refractivity contribution in [3.63, 3.8) is 0 Å². The summed E-state index contributed by atoms with van der Waals surface area (Å²) in [6.07, 6.45) is 1.82. The van der Waals surface area contributed by atoms with Gasteiger partial charge in [-0.1, -0.05) is 31.0 Å². The molecule has 4 nitrogen and oxygen atoms in total. The molecule has 0 fully saturated rings. The predicted molar refractivity (Wildman–Crippen MR) is 83.1 cm³/mol.